The molecular formula is C14H11BrN2OS. The van der Waals surface area contributed by atoms with Gasteiger partial charge in [0.2, 0.25) is 0 Å². The summed E-state index contributed by atoms with van der Waals surface area (Å²) in [4.78, 5) is 5.46. The van der Waals surface area contributed by atoms with Crippen molar-refractivity contribution in [2.45, 2.75) is 6.61 Å². The smallest absolute Gasteiger partial charge is 0.129 e. The number of ether oxygens (including phenoxy) is 1. The first-order chi connectivity index (χ1) is 9.24. The topological polar surface area (TPSA) is 48.1 Å². The van der Waals surface area contributed by atoms with Gasteiger partial charge in [-0.1, -0.05) is 0 Å². The number of hydrogen-bond acceptors (Lipinski definition) is 4. The summed E-state index contributed by atoms with van der Waals surface area (Å²) < 4.78 is 6.97. The molecule has 0 saturated heterocycles. The Hall–Kier alpha value is -1.59. The Labute approximate surface area is 123 Å². The first-order valence-electron chi connectivity index (χ1n) is 5.74. The summed E-state index contributed by atoms with van der Waals surface area (Å²) in [5.41, 5.74) is 7.37. The molecule has 0 amide bonds. The van der Waals surface area contributed by atoms with Crippen LogP contribution in [0.2, 0.25) is 0 Å². The number of rotatable bonds is 3. The molecular weight excluding hydrogens is 324 g/mol. The maximum absolute atomic E-state index is 5.91. The third kappa shape index (κ3) is 2.57. The Kier molecular flexibility index (Phi) is 3.40. The average molecular weight is 335 g/mol. The second kappa shape index (κ2) is 5.19. The summed E-state index contributed by atoms with van der Waals surface area (Å²) in [7, 11) is 0. The number of halogens is 1. The van der Waals surface area contributed by atoms with Crippen LogP contribution in [0.15, 0.2) is 46.4 Å². The van der Waals surface area contributed by atoms with Crippen LogP contribution in [0, 0.1) is 0 Å². The van der Waals surface area contributed by atoms with Gasteiger partial charge in [0.1, 0.15) is 12.4 Å². The summed E-state index contributed by atoms with van der Waals surface area (Å²) in [6.07, 6.45) is 1.73. The van der Waals surface area contributed by atoms with E-state index in [1.165, 1.54) is 4.88 Å². The van der Waals surface area contributed by atoms with Crippen molar-refractivity contribution < 1.29 is 4.74 Å². The lowest BCUT2D eigenvalue weighted by atomic mass is 10.2. The van der Waals surface area contributed by atoms with E-state index in [-0.39, 0.29) is 0 Å². The zero-order chi connectivity index (χ0) is 13.2. The second-order valence-electron chi connectivity index (χ2n) is 4.05. The summed E-state index contributed by atoms with van der Waals surface area (Å²) in [6, 6.07) is 11.6. The van der Waals surface area contributed by atoms with E-state index in [1.807, 2.05) is 36.4 Å². The number of nitrogens with two attached hydrogens (primary N) is 1. The molecule has 19 heavy (non-hydrogen) atoms. The van der Waals surface area contributed by atoms with Gasteiger partial charge in [-0.3, -0.25) is 4.98 Å². The van der Waals surface area contributed by atoms with E-state index >= 15 is 0 Å². The molecule has 0 spiro atoms. The van der Waals surface area contributed by atoms with Crippen LogP contribution >= 0.6 is 27.3 Å². The molecule has 1 aromatic carbocycles. The fraction of sp³-hybridized carbons (Fsp3) is 0.0714. The minimum atomic E-state index is 0.546. The minimum absolute atomic E-state index is 0.546. The third-order valence-corrected chi connectivity index (χ3v) is 4.36. The maximum atomic E-state index is 5.91. The van der Waals surface area contributed by atoms with Crippen molar-refractivity contribution in [1.29, 1.82) is 0 Å². The van der Waals surface area contributed by atoms with E-state index in [4.69, 9.17) is 10.5 Å². The molecule has 3 nitrogen and oxygen atoms in total. The molecule has 96 valence electrons. The zero-order valence-electron chi connectivity index (χ0n) is 9.97. The van der Waals surface area contributed by atoms with Crippen molar-refractivity contribution >= 4 is 43.9 Å². The van der Waals surface area contributed by atoms with Crippen LogP contribution in [0.1, 0.15) is 4.88 Å². The highest BCUT2D eigenvalue weighted by molar-refractivity contribution is 9.11. The number of fused-ring (bicyclic) bond motifs is 1. The largest absolute Gasteiger partial charge is 0.487 e. The molecule has 0 saturated carbocycles. The number of thiophene rings is 1. The fourth-order valence-corrected chi connectivity index (χ4v) is 3.27. The maximum Gasteiger partial charge on any atom is 0.129 e. The Morgan fingerprint density at radius 2 is 2.11 bits per heavy atom. The molecule has 0 bridgehead atoms. The standard InChI is InChI=1S/C14H11BrN2OS/c15-13-6-3-9(19-13)8-18-12-5-4-11(16)14-10(12)2-1-7-17-14/h1-7H,8,16H2. The van der Waals surface area contributed by atoms with Crippen LogP contribution in [0.4, 0.5) is 5.69 Å². The van der Waals surface area contributed by atoms with Crippen LogP contribution < -0.4 is 10.5 Å². The van der Waals surface area contributed by atoms with Gasteiger partial charge in [-0.15, -0.1) is 11.3 Å². The van der Waals surface area contributed by atoms with Crippen molar-refractivity contribution in [2.75, 3.05) is 5.73 Å². The predicted molar refractivity (Wildman–Crippen MR) is 82.5 cm³/mol. The molecule has 0 unspecified atom stereocenters. The van der Waals surface area contributed by atoms with E-state index in [2.05, 4.69) is 20.9 Å². The van der Waals surface area contributed by atoms with Gasteiger partial charge in [0.25, 0.3) is 0 Å². The molecule has 0 radical (unpaired) electrons. The quantitative estimate of drug-likeness (QED) is 0.729. The summed E-state index contributed by atoms with van der Waals surface area (Å²) in [6.45, 7) is 0.546. The molecule has 2 heterocycles. The number of hydrogen-bond donors (Lipinski definition) is 1. The van der Waals surface area contributed by atoms with Gasteiger partial charge in [-0.25, -0.2) is 0 Å². The average Bonchev–Trinajstić information content (AvgIpc) is 2.84. The van der Waals surface area contributed by atoms with Gasteiger partial charge < -0.3 is 10.5 Å². The summed E-state index contributed by atoms with van der Waals surface area (Å²) in [5.74, 6) is 0.807. The van der Waals surface area contributed by atoms with Crippen LogP contribution in [0.5, 0.6) is 5.75 Å². The Morgan fingerprint density at radius 1 is 1.21 bits per heavy atom. The second-order valence-corrected chi connectivity index (χ2v) is 6.59. The van der Waals surface area contributed by atoms with Crippen molar-refractivity contribution in [3.8, 4) is 5.75 Å². The third-order valence-electron chi connectivity index (χ3n) is 2.76. The SMILES string of the molecule is Nc1ccc(OCc2ccc(Br)s2)c2cccnc12. The molecule has 2 aromatic heterocycles. The molecule has 0 atom stereocenters. The van der Waals surface area contributed by atoms with Gasteiger partial charge in [-0.2, -0.15) is 0 Å². The lowest BCUT2D eigenvalue weighted by Gasteiger charge is -2.09. The van der Waals surface area contributed by atoms with Gasteiger partial charge in [0.15, 0.2) is 0 Å². The predicted octanol–water partition coefficient (Wildman–Crippen LogP) is 4.22. The zero-order valence-corrected chi connectivity index (χ0v) is 12.4. The molecule has 3 rings (SSSR count). The van der Waals surface area contributed by atoms with E-state index in [9.17, 15) is 0 Å². The number of pyridine rings is 1. The molecule has 5 heteroatoms. The lowest BCUT2D eigenvalue weighted by Crippen LogP contribution is -1.96. The first kappa shape index (κ1) is 12.4. The molecule has 3 aromatic rings. The number of nitrogen functional groups attached to an aromatic ring is 1. The number of benzene rings is 1. The molecule has 0 aliphatic rings. The highest BCUT2D eigenvalue weighted by Crippen LogP contribution is 2.30. The highest BCUT2D eigenvalue weighted by Gasteiger charge is 2.06. The van der Waals surface area contributed by atoms with Crippen molar-refractivity contribution in [3.63, 3.8) is 0 Å². The Balaban J connectivity index is 1.91. The summed E-state index contributed by atoms with van der Waals surface area (Å²) >= 11 is 5.11. The fourth-order valence-electron chi connectivity index (χ4n) is 1.87. The number of nitrogens with zero attached hydrogens (tertiary/aromatic N) is 1. The van der Waals surface area contributed by atoms with E-state index < -0.39 is 0 Å². The van der Waals surface area contributed by atoms with Crippen molar-refractivity contribution in [3.05, 3.63) is 51.3 Å². The van der Waals surface area contributed by atoms with Crippen LogP contribution in [-0.4, -0.2) is 4.98 Å². The Bertz CT molecular complexity index is 726. The molecule has 2 N–H and O–H groups in total. The number of anilines is 1. The van der Waals surface area contributed by atoms with E-state index in [0.717, 1.165) is 20.4 Å². The van der Waals surface area contributed by atoms with Gasteiger partial charge in [0.05, 0.1) is 15.0 Å². The highest BCUT2D eigenvalue weighted by atomic mass is 79.9. The van der Waals surface area contributed by atoms with Crippen LogP contribution in [0.25, 0.3) is 10.9 Å². The van der Waals surface area contributed by atoms with Crippen molar-refractivity contribution in [2.24, 2.45) is 0 Å². The van der Waals surface area contributed by atoms with Gasteiger partial charge >= 0.3 is 0 Å². The van der Waals surface area contributed by atoms with Crippen molar-refractivity contribution in [1.82, 2.24) is 4.98 Å². The van der Waals surface area contributed by atoms with Gasteiger partial charge in [0, 0.05) is 16.5 Å². The van der Waals surface area contributed by atoms with E-state index in [0.29, 0.717) is 12.3 Å². The molecule has 0 aliphatic carbocycles. The number of aromatic nitrogens is 1. The molecule has 0 aliphatic heterocycles. The monoisotopic (exact) mass is 334 g/mol. The van der Waals surface area contributed by atoms with E-state index in [1.54, 1.807) is 17.5 Å². The Morgan fingerprint density at radius 3 is 2.89 bits per heavy atom. The minimum Gasteiger partial charge on any atom is -0.487 e. The normalized spacial score (nSPS) is 10.8. The summed E-state index contributed by atoms with van der Waals surface area (Å²) in [5, 5.41) is 0.943. The molecule has 0 fully saturated rings. The first-order valence-corrected chi connectivity index (χ1v) is 7.35. The van der Waals surface area contributed by atoms with Crippen LogP contribution in [-0.2, 0) is 6.61 Å². The van der Waals surface area contributed by atoms with Gasteiger partial charge in [-0.05, 0) is 52.3 Å². The lowest BCUT2D eigenvalue weighted by molar-refractivity contribution is 0.313. The van der Waals surface area contributed by atoms with Crippen LogP contribution in [0.3, 0.4) is 0 Å².